The predicted octanol–water partition coefficient (Wildman–Crippen LogP) is 5.35. The molecule has 0 atom stereocenters. The third kappa shape index (κ3) is 2.57. The highest BCUT2D eigenvalue weighted by Gasteiger charge is 2.12. The first-order chi connectivity index (χ1) is 11.6. The van der Waals surface area contributed by atoms with Crippen molar-refractivity contribution in [2.45, 2.75) is 6.92 Å². The molecule has 0 aliphatic rings. The minimum atomic E-state index is 0.150. The van der Waals surface area contributed by atoms with E-state index in [9.17, 15) is 5.11 Å². The van der Waals surface area contributed by atoms with Gasteiger partial charge in [0.05, 0.1) is 11.0 Å². The molecule has 0 fully saturated rings. The van der Waals surface area contributed by atoms with Gasteiger partial charge in [-0.1, -0.05) is 18.2 Å². The summed E-state index contributed by atoms with van der Waals surface area (Å²) in [5.74, 6) is 1.58. The van der Waals surface area contributed by atoms with E-state index in [0.717, 1.165) is 21.3 Å². The van der Waals surface area contributed by atoms with Gasteiger partial charge >= 0.3 is 0 Å². The molecule has 4 aromatic rings. The summed E-state index contributed by atoms with van der Waals surface area (Å²) in [4.78, 5) is 9.18. The first-order valence-corrected chi connectivity index (χ1v) is 8.23. The fourth-order valence-corrected chi connectivity index (χ4v) is 3.19. The number of hydrogen-bond donors (Lipinski definition) is 1. The third-order valence-corrected chi connectivity index (χ3v) is 4.39. The Kier molecular flexibility index (Phi) is 3.58. The summed E-state index contributed by atoms with van der Waals surface area (Å²) in [5, 5.41) is 10.3. The van der Waals surface area contributed by atoms with Crippen LogP contribution >= 0.6 is 15.9 Å². The van der Waals surface area contributed by atoms with Gasteiger partial charge in [-0.2, -0.15) is 0 Å². The molecule has 0 radical (unpaired) electrons. The van der Waals surface area contributed by atoms with Crippen molar-refractivity contribution in [2.24, 2.45) is 0 Å². The Labute approximate surface area is 146 Å². The van der Waals surface area contributed by atoms with Crippen LogP contribution in [0.3, 0.4) is 0 Å². The van der Waals surface area contributed by atoms with Crippen LogP contribution in [0.15, 0.2) is 59.1 Å². The summed E-state index contributed by atoms with van der Waals surface area (Å²) < 4.78 is 6.65. The minimum Gasteiger partial charge on any atom is -0.505 e. The van der Waals surface area contributed by atoms with Gasteiger partial charge in [0.1, 0.15) is 28.3 Å². The minimum absolute atomic E-state index is 0.150. The Bertz CT molecular complexity index is 1070. The topological polar surface area (TPSA) is 55.2 Å². The van der Waals surface area contributed by atoms with Crippen LogP contribution in [0.5, 0.6) is 17.2 Å². The molecule has 1 heterocycles. The number of fused-ring (bicyclic) bond motifs is 2. The van der Waals surface area contributed by atoms with E-state index >= 15 is 0 Å². The third-order valence-electron chi connectivity index (χ3n) is 3.78. The lowest BCUT2D eigenvalue weighted by atomic mass is 10.1. The number of nitrogens with zero attached hydrogens (tertiary/aromatic N) is 2. The number of benzene rings is 3. The number of para-hydroxylation sites is 1. The van der Waals surface area contributed by atoms with Gasteiger partial charge in [-0.3, -0.25) is 0 Å². The number of aryl methyl sites for hydroxylation is 1. The van der Waals surface area contributed by atoms with Crippen LogP contribution in [0.25, 0.3) is 22.1 Å². The van der Waals surface area contributed by atoms with E-state index in [1.807, 2.05) is 61.5 Å². The zero-order valence-corrected chi connectivity index (χ0v) is 14.4. The second-order valence-electron chi connectivity index (χ2n) is 5.51. The van der Waals surface area contributed by atoms with Gasteiger partial charge < -0.3 is 9.84 Å². The zero-order chi connectivity index (χ0) is 16.7. The molecule has 0 aliphatic carbocycles. The maximum absolute atomic E-state index is 10.3. The molecule has 4 nitrogen and oxygen atoms in total. The van der Waals surface area contributed by atoms with Gasteiger partial charge in [0, 0.05) is 10.5 Å². The SMILES string of the molecule is Cc1cc(Br)c2nc3ccc(Oc4ccccc4)cc3nc2c1O. The van der Waals surface area contributed by atoms with Crippen molar-refractivity contribution in [1.82, 2.24) is 9.97 Å². The van der Waals surface area contributed by atoms with Crippen molar-refractivity contribution in [3.8, 4) is 17.2 Å². The summed E-state index contributed by atoms with van der Waals surface area (Å²) in [6, 6.07) is 16.9. The summed E-state index contributed by atoms with van der Waals surface area (Å²) in [7, 11) is 0. The lowest BCUT2D eigenvalue weighted by Gasteiger charge is -2.09. The van der Waals surface area contributed by atoms with Crippen molar-refractivity contribution >= 4 is 38.0 Å². The molecule has 0 aliphatic heterocycles. The second kappa shape index (κ2) is 5.76. The number of aromatic hydroxyl groups is 1. The van der Waals surface area contributed by atoms with E-state index in [1.165, 1.54) is 0 Å². The van der Waals surface area contributed by atoms with Gasteiger partial charge in [-0.25, -0.2) is 9.97 Å². The molecule has 5 heteroatoms. The van der Waals surface area contributed by atoms with Crippen LogP contribution in [-0.4, -0.2) is 15.1 Å². The highest BCUT2D eigenvalue weighted by molar-refractivity contribution is 9.10. The smallest absolute Gasteiger partial charge is 0.146 e. The average molecular weight is 381 g/mol. The van der Waals surface area contributed by atoms with Crippen molar-refractivity contribution in [3.63, 3.8) is 0 Å². The predicted molar refractivity (Wildman–Crippen MR) is 97.7 cm³/mol. The van der Waals surface area contributed by atoms with Crippen molar-refractivity contribution in [2.75, 3.05) is 0 Å². The van der Waals surface area contributed by atoms with E-state index < -0.39 is 0 Å². The number of phenolic OH excluding ortho intramolecular Hbond substituents is 1. The maximum atomic E-state index is 10.3. The fourth-order valence-electron chi connectivity index (χ4n) is 2.57. The van der Waals surface area contributed by atoms with Crippen LogP contribution in [-0.2, 0) is 0 Å². The molecule has 4 rings (SSSR count). The molecule has 0 unspecified atom stereocenters. The van der Waals surface area contributed by atoms with Gasteiger partial charge in [0.25, 0.3) is 0 Å². The highest BCUT2D eigenvalue weighted by Crippen LogP contribution is 2.34. The van der Waals surface area contributed by atoms with Crippen molar-refractivity contribution in [1.29, 1.82) is 0 Å². The van der Waals surface area contributed by atoms with Gasteiger partial charge in [-0.15, -0.1) is 0 Å². The molecule has 0 bridgehead atoms. The number of hydrogen-bond acceptors (Lipinski definition) is 4. The highest BCUT2D eigenvalue weighted by atomic mass is 79.9. The van der Waals surface area contributed by atoms with E-state index in [-0.39, 0.29) is 5.75 Å². The molecule has 118 valence electrons. The van der Waals surface area contributed by atoms with Crippen LogP contribution in [0.2, 0.25) is 0 Å². The normalized spacial score (nSPS) is 11.1. The first kappa shape index (κ1) is 14.9. The summed E-state index contributed by atoms with van der Waals surface area (Å²) >= 11 is 3.49. The average Bonchev–Trinajstić information content (AvgIpc) is 2.59. The van der Waals surface area contributed by atoms with Gasteiger partial charge in [0.2, 0.25) is 0 Å². The fraction of sp³-hybridized carbons (Fsp3) is 0.0526. The van der Waals surface area contributed by atoms with Gasteiger partial charge in [0.15, 0.2) is 0 Å². The Morgan fingerprint density at radius 2 is 1.62 bits per heavy atom. The maximum Gasteiger partial charge on any atom is 0.146 e. The standard InChI is InChI=1S/C19H13BrN2O2/c1-11-9-14(20)17-18(19(11)23)22-16-10-13(7-8-15(16)21-17)24-12-5-3-2-4-6-12/h2-10,23H,1H3. The summed E-state index contributed by atoms with van der Waals surface area (Å²) in [5.41, 5.74) is 3.28. The first-order valence-electron chi connectivity index (χ1n) is 7.44. The van der Waals surface area contributed by atoms with Gasteiger partial charge in [-0.05, 0) is 58.7 Å². The molecule has 3 aromatic carbocycles. The molecule has 0 saturated heterocycles. The molecule has 0 amide bonds. The van der Waals surface area contributed by atoms with Crippen LogP contribution < -0.4 is 4.74 Å². The Morgan fingerprint density at radius 1 is 0.875 bits per heavy atom. The number of rotatable bonds is 2. The Balaban J connectivity index is 1.87. The zero-order valence-electron chi connectivity index (χ0n) is 12.8. The number of aromatic nitrogens is 2. The molecule has 24 heavy (non-hydrogen) atoms. The van der Waals surface area contributed by atoms with Crippen LogP contribution in [0.4, 0.5) is 0 Å². The molecule has 1 aromatic heterocycles. The van der Waals surface area contributed by atoms with E-state index in [4.69, 9.17) is 4.74 Å². The van der Waals surface area contributed by atoms with E-state index in [0.29, 0.717) is 22.3 Å². The molecule has 0 saturated carbocycles. The molecular weight excluding hydrogens is 368 g/mol. The lowest BCUT2D eigenvalue weighted by Crippen LogP contribution is -1.92. The summed E-state index contributed by atoms with van der Waals surface area (Å²) in [6.45, 7) is 1.83. The number of halogens is 1. The van der Waals surface area contributed by atoms with Crippen molar-refractivity contribution in [3.05, 3.63) is 64.6 Å². The lowest BCUT2D eigenvalue weighted by molar-refractivity contribution is 0.476. The number of phenols is 1. The molecular formula is C19H13BrN2O2. The van der Waals surface area contributed by atoms with E-state index in [2.05, 4.69) is 25.9 Å². The monoisotopic (exact) mass is 380 g/mol. The number of ether oxygens (including phenoxy) is 1. The molecule has 0 spiro atoms. The molecule has 1 N–H and O–H groups in total. The largest absolute Gasteiger partial charge is 0.505 e. The van der Waals surface area contributed by atoms with Crippen LogP contribution in [0.1, 0.15) is 5.56 Å². The quantitative estimate of drug-likeness (QED) is 0.476. The second-order valence-corrected chi connectivity index (χ2v) is 6.36. The van der Waals surface area contributed by atoms with Crippen LogP contribution in [0, 0.1) is 6.92 Å². The Hall–Kier alpha value is -2.66. The summed E-state index contributed by atoms with van der Waals surface area (Å²) in [6.07, 6.45) is 0. The van der Waals surface area contributed by atoms with Crippen molar-refractivity contribution < 1.29 is 9.84 Å². The van der Waals surface area contributed by atoms with E-state index in [1.54, 1.807) is 0 Å². The Morgan fingerprint density at radius 3 is 2.42 bits per heavy atom.